The number of benzene rings is 1. The van der Waals surface area contributed by atoms with Gasteiger partial charge in [0.05, 0.1) is 5.56 Å². The van der Waals surface area contributed by atoms with Gasteiger partial charge in [-0.25, -0.2) is 0 Å². The molecule has 0 saturated heterocycles. The zero-order valence-electron chi connectivity index (χ0n) is 10.1. The molecule has 17 heavy (non-hydrogen) atoms. The Labute approximate surface area is 100 Å². The van der Waals surface area contributed by atoms with Gasteiger partial charge in [-0.15, -0.1) is 0 Å². The number of aromatic amines is 1. The van der Waals surface area contributed by atoms with Crippen LogP contribution >= 0.6 is 0 Å². The summed E-state index contributed by atoms with van der Waals surface area (Å²) >= 11 is 0. The highest BCUT2D eigenvalue weighted by atomic mass is 16.1. The summed E-state index contributed by atoms with van der Waals surface area (Å²) < 4.78 is 0. The lowest BCUT2D eigenvalue weighted by Gasteiger charge is -2.12. The number of aromatic nitrogens is 1. The summed E-state index contributed by atoms with van der Waals surface area (Å²) in [5.74, 6) is 0.537. The molecular weight excluding hydrogens is 212 g/mol. The lowest BCUT2D eigenvalue weighted by Crippen LogP contribution is -2.31. The van der Waals surface area contributed by atoms with E-state index in [9.17, 15) is 4.79 Å². The number of hydrogen-bond donors (Lipinski definition) is 2. The van der Waals surface area contributed by atoms with Gasteiger partial charge in [0.1, 0.15) is 0 Å². The zero-order valence-corrected chi connectivity index (χ0v) is 10.1. The van der Waals surface area contributed by atoms with Crippen LogP contribution in [0.5, 0.6) is 0 Å². The Hall–Kier alpha value is -1.77. The van der Waals surface area contributed by atoms with E-state index in [0.717, 1.165) is 35.1 Å². The predicted octanol–water partition coefficient (Wildman–Crippen LogP) is 2.58. The second-order valence-electron chi connectivity index (χ2n) is 4.94. The van der Waals surface area contributed by atoms with E-state index in [4.69, 9.17) is 0 Å². The van der Waals surface area contributed by atoms with Crippen LogP contribution in [0.15, 0.2) is 18.2 Å². The third-order valence-electron chi connectivity index (χ3n) is 3.45. The molecule has 0 bridgehead atoms. The summed E-state index contributed by atoms with van der Waals surface area (Å²) in [5.41, 5.74) is 4.26. The Morgan fingerprint density at radius 3 is 2.88 bits per heavy atom. The van der Waals surface area contributed by atoms with Gasteiger partial charge in [-0.05, 0) is 23.6 Å². The molecule has 0 radical (unpaired) electrons. The van der Waals surface area contributed by atoms with Crippen molar-refractivity contribution in [1.82, 2.24) is 10.3 Å². The maximum atomic E-state index is 11.9. The molecule has 1 aliphatic rings. The zero-order chi connectivity index (χ0) is 12.0. The molecule has 88 valence electrons. The predicted molar refractivity (Wildman–Crippen MR) is 68.4 cm³/mol. The molecule has 2 N–H and O–H groups in total. The van der Waals surface area contributed by atoms with Gasteiger partial charge in [0.2, 0.25) is 0 Å². The van der Waals surface area contributed by atoms with Gasteiger partial charge in [-0.3, -0.25) is 4.79 Å². The number of nitrogens with one attached hydrogen (secondary N) is 2. The van der Waals surface area contributed by atoms with E-state index in [1.807, 2.05) is 0 Å². The highest BCUT2D eigenvalue weighted by Gasteiger charge is 2.22. The van der Waals surface area contributed by atoms with Crippen LogP contribution in [0.25, 0.3) is 10.9 Å². The lowest BCUT2D eigenvalue weighted by atomic mass is 9.99. The first-order valence-corrected chi connectivity index (χ1v) is 6.09. The first-order valence-electron chi connectivity index (χ1n) is 6.09. The van der Waals surface area contributed by atoms with E-state index < -0.39 is 0 Å². The molecule has 3 rings (SSSR count). The minimum Gasteiger partial charge on any atom is -0.358 e. The number of hydrogen-bond acceptors (Lipinski definition) is 1. The Bertz CT molecular complexity index is 596. The number of fused-ring (bicyclic) bond motifs is 3. The van der Waals surface area contributed by atoms with Gasteiger partial charge in [-0.1, -0.05) is 19.9 Å². The molecule has 1 aliphatic heterocycles. The molecule has 3 heteroatoms. The smallest absolute Gasteiger partial charge is 0.253 e. The summed E-state index contributed by atoms with van der Waals surface area (Å²) in [6.45, 7) is 5.07. The first-order chi connectivity index (χ1) is 8.16. The number of carbonyl (C=O) groups is 1. The molecule has 1 aromatic carbocycles. The van der Waals surface area contributed by atoms with Crippen LogP contribution in [0.4, 0.5) is 0 Å². The molecule has 2 heterocycles. The average Bonchev–Trinajstić information content (AvgIpc) is 2.67. The van der Waals surface area contributed by atoms with E-state index in [0.29, 0.717) is 5.92 Å². The van der Waals surface area contributed by atoms with Crippen molar-refractivity contribution in [3.05, 3.63) is 35.0 Å². The highest BCUT2D eigenvalue weighted by molar-refractivity contribution is 6.09. The standard InChI is InChI=1S/C14H16N2O/c1-8(2)9-3-4-11-10(7-9)13-12(16-11)5-6-15-14(13)17/h3-4,7-8,16H,5-6H2,1-2H3,(H,15,17). The number of rotatable bonds is 1. The van der Waals surface area contributed by atoms with Crippen LogP contribution in [0, 0.1) is 0 Å². The molecule has 3 nitrogen and oxygen atoms in total. The van der Waals surface area contributed by atoms with Crippen molar-refractivity contribution >= 4 is 16.8 Å². The van der Waals surface area contributed by atoms with E-state index >= 15 is 0 Å². The van der Waals surface area contributed by atoms with Crippen LogP contribution in [-0.4, -0.2) is 17.4 Å². The van der Waals surface area contributed by atoms with Crippen molar-refractivity contribution in [1.29, 1.82) is 0 Å². The van der Waals surface area contributed by atoms with Crippen molar-refractivity contribution in [3.63, 3.8) is 0 Å². The topological polar surface area (TPSA) is 44.9 Å². The molecule has 1 amide bonds. The van der Waals surface area contributed by atoms with Gasteiger partial charge < -0.3 is 10.3 Å². The summed E-state index contributed by atoms with van der Waals surface area (Å²) in [7, 11) is 0. The van der Waals surface area contributed by atoms with Crippen LogP contribution in [0.2, 0.25) is 0 Å². The van der Waals surface area contributed by atoms with E-state index in [-0.39, 0.29) is 5.91 Å². The third-order valence-corrected chi connectivity index (χ3v) is 3.45. The van der Waals surface area contributed by atoms with Crippen molar-refractivity contribution in [2.24, 2.45) is 0 Å². The monoisotopic (exact) mass is 228 g/mol. The summed E-state index contributed by atoms with van der Waals surface area (Å²) in [6.07, 6.45) is 0.896. The Kier molecular flexibility index (Phi) is 2.21. The van der Waals surface area contributed by atoms with Crippen molar-refractivity contribution in [2.75, 3.05) is 6.54 Å². The summed E-state index contributed by atoms with van der Waals surface area (Å²) in [5, 5.41) is 3.96. The fraction of sp³-hybridized carbons (Fsp3) is 0.357. The Balaban J connectivity index is 2.27. The Morgan fingerprint density at radius 2 is 2.12 bits per heavy atom. The molecule has 0 unspecified atom stereocenters. The highest BCUT2D eigenvalue weighted by Crippen LogP contribution is 2.28. The van der Waals surface area contributed by atoms with Crippen LogP contribution in [0.3, 0.4) is 0 Å². The number of H-pyrrole nitrogens is 1. The fourth-order valence-corrected chi connectivity index (χ4v) is 2.46. The molecule has 2 aromatic rings. The third kappa shape index (κ3) is 1.54. The van der Waals surface area contributed by atoms with Gasteiger partial charge in [0, 0.05) is 29.6 Å². The van der Waals surface area contributed by atoms with E-state index in [1.54, 1.807) is 0 Å². The maximum Gasteiger partial charge on any atom is 0.253 e. The quantitative estimate of drug-likeness (QED) is 0.774. The molecule has 0 aliphatic carbocycles. The molecule has 0 saturated carbocycles. The number of amides is 1. The van der Waals surface area contributed by atoms with Gasteiger partial charge in [0.25, 0.3) is 5.91 Å². The van der Waals surface area contributed by atoms with Gasteiger partial charge in [0.15, 0.2) is 0 Å². The normalized spacial score (nSPS) is 15.1. The van der Waals surface area contributed by atoms with E-state index in [2.05, 4.69) is 42.3 Å². The molecule has 0 spiro atoms. The van der Waals surface area contributed by atoms with E-state index in [1.165, 1.54) is 5.56 Å². The minimum atomic E-state index is 0.0541. The summed E-state index contributed by atoms with van der Waals surface area (Å²) in [4.78, 5) is 15.3. The molecule has 1 aromatic heterocycles. The largest absolute Gasteiger partial charge is 0.358 e. The molecule has 0 fully saturated rings. The van der Waals surface area contributed by atoms with Crippen LogP contribution in [-0.2, 0) is 6.42 Å². The lowest BCUT2D eigenvalue weighted by molar-refractivity contribution is 0.0947. The van der Waals surface area contributed by atoms with Crippen LogP contribution < -0.4 is 5.32 Å². The average molecular weight is 228 g/mol. The van der Waals surface area contributed by atoms with Gasteiger partial charge in [-0.2, -0.15) is 0 Å². The van der Waals surface area contributed by atoms with Crippen molar-refractivity contribution in [2.45, 2.75) is 26.2 Å². The minimum absolute atomic E-state index is 0.0541. The van der Waals surface area contributed by atoms with Crippen molar-refractivity contribution < 1.29 is 4.79 Å². The second kappa shape index (κ2) is 3.62. The second-order valence-corrected chi connectivity index (χ2v) is 4.94. The van der Waals surface area contributed by atoms with Crippen LogP contribution in [0.1, 0.15) is 41.4 Å². The molecule has 0 atom stereocenters. The van der Waals surface area contributed by atoms with Gasteiger partial charge >= 0.3 is 0 Å². The molecular formula is C14H16N2O. The summed E-state index contributed by atoms with van der Waals surface area (Å²) in [6, 6.07) is 6.35. The SMILES string of the molecule is CC(C)c1ccc2[nH]c3c(c2c1)C(=O)NCC3. The fourth-order valence-electron chi connectivity index (χ4n) is 2.46. The Morgan fingerprint density at radius 1 is 1.29 bits per heavy atom. The first kappa shape index (κ1) is 10.4. The maximum absolute atomic E-state index is 11.9. The van der Waals surface area contributed by atoms with Crippen molar-refractivity contribution in [3.8, 4) is 0 Å². The number of carbonyl (C=O) groups excluding carboxylic acids is 1.